The average Bonchev–Trinajstić information content (AvgIpc) is 2.46. The lowest BCUT2D eigenvalue weighted by Gasteiger charge is -2.27. The van der Waals surface area contributed by atoms with E-state index in [1.807, 2.05) is 0 Å². The van der Waals surface area contributed by atoms with Gasteiger partial charge in [0.2, 0.25) is 0 Å². The van der Waals surface area contributed by atoms with Crippen LogP contribution in [0.15, 0.2) is 12.2 Å². The van der Waals surface area contributed by atoms with Gasteiger partial charge in [-0.1, -0.05) is 19.1 Å². The Morgan fingerprint density at radius 3 is 2.10 bits per heavy atom. The number of allylic oxidation sites excluding steroid dienone is 2. The van der Waals surface area contributed by atoms with Crippen molar-refractivity contribution in [1.82, 2.24) is 0 Å². The maximum Gasteiger partial charge on any atom is -0.00119 e. The fourth-order valence-corrected chi connectivity index (χ4v) is 2.50. The quantitative estimate of drug-likeness (QED) is 0.545. The van der Waals surface area contributed by atoms with Gasteiger partial charge in [0.1, 0.15) is 0 Å². The van der Waals surface area contributed by atoms with Crippen molar-refractivity contribution >= 4 is 0 Å². The molecule has 1 nitrogen and oxygen atoms in total. The molecule has 0 saturated heterocycles. The molecule has 2 aliphatic carbocycles. The highest BCUT2D eigenvalue weighted by Crippen LogP contribution is 2.52. The largest absolute Gasteiger partial charge is 0.330 e. The van der Waals surface area contributed by atoms with Crippen LogP contribution in [0, 0.1) is 17.3 Å². The number of rotatable bonds is 1. The Balaban J connectivity index is 2.28. The van der Waals surface area contributed by atoms with Gasteiger partial charge in [-0.15, -0.1) is 0 Å². The number of hydrogen-bond donors (Lipinski definition) is 1. The minimum atomic E-state index is 0.431. The Hall–Kier alpha value is -0.300. The molecule has 0 spiro atoms. The van der Waals surface area contributed by atoms with Crippen molar-refractivity contribution in [2.45, 2.75) is 19.8 Å². The molecule has 2 rings (SSSR count). The highest BCUT2D eigenvalue weighted by Gasteiger charge is 2.46. The maximum atomic E-state index is 5.75. The van der Waals surface area contributed by atoms with Gasteiger partial charge in [0.05, 0.1) is 0 Å². The second kappa shape index (κ2) is 1.85. The molecule has 1 saturated carbocycles. The van der Waals surface area contributed by atoms with Crippen molar-refractivity contribution in [2.24, 2.45) is 23.0 Å². The Morgan fingerprint density at radius 1 is 1.40 bits per heavy atom. The third-order valence-electron chi connectivity index (χ3n) is 3.50. The summed E-state index contributed by atoms with van der Waals surface area (Å²) in [5, 5.41) is 0. The minimum Gasteiger partial charge on any atom is -0.330 e. The number of fused-ring (bicyclic) bond motifs is 2. The van der Waals surface area contributed by atoms with E-state index in [0.717, 1.165) is 18.4 Å². The molecule has 0 amide bonds. The number of nitrogens with two attached hydrogens (primary N) is 1. The van der Waals surface area contributed by atoms with Crippen LogP contribution in [0.2, 0.25) is 0 Å². The van der Waals surface area contributed by atoms with Crippen molar-refractivity contribution in [3.63, 3.8) is 0 Å². The Labute approximate surface area is 62.3 Å². The summed E-state index contributed by atoms with van der Waals surface area (Å²) in [5.74, 6) is 1.59. The van der Waals surface area contributed by atoms with Crippen LogP contribution < -0.4 is 5.73 Å². The first kappa shape index (κ1) is 6.41. The molecule has 2 bridgehead atoms. The van der Waals surface area contributed by atoms with Crippen LogP contribution in [-0.4, -0.2) is 6.54 Å². The van der Waals surface area contributed by atoms with E-state index in [-0.39, 0.29) is 0 Å². The molecule has 56 valence electrons. The molecule has 0 aromatic heterocycles. The molecule has 2 unspecified atom stereocenters. The molecular formula is C9H15N. The Kier molecular flexibility index (Phi) is 1.19. The predicted molar refractivity (Wildman–Crippen MR) is 42.5 cm³/mol. The second-order valence-corrected chi connectivity index (χ2v) is 3.89. The van der Waals surface area contributed by atoms with Crippen molar-refractivity contribution in [3.8, 4) is 0 Å². The van der Waals surface area contributed by atoms with Crippen LogP contribution >= 0.6 is 0 Å². The van der Waals surface area contributed by atoms with Crippen LogP contribution in [0.5, 0.6) is 0 Å². The third-order valence-corrected chi connectivity index (χ3v) is 3.50. The third kappa shape index (κ3) is 0.567. The number of hydrogen-bond acceptors (Lipinski definition) is 1. The zero-order chi connectivity index (χ0) is 7.19. The van der Waals surface area contributed by atoms with Crippen molar-refractivity contribution in [1.29, 1.82) is 0 Å². The zero-order valence-corrected chi connectivity index (χ0v) is 6.51. The smallest absolute Gasteiger partial charge is 0.00119 e. The van der Waals surface area contributed by atoms with E-state index in [1.54, 1.807) is 0 Å². The molecule has 0 aromatic carbocycles. The highest BCUT2D eigenvalue weighted by atomic mass is 14.7. The summed E-state index contributed by atoms with van der Waals surface area (Å²) in [6.07, 6.45) is 7.46. The van der Waals surface area contributed by atoms with Gasteiger partial charge < -0.3 is 5.73 Å². The van der Waals surface area contributed by atoms with Gasteiger partial charge in [0.25, 0.3) is 0 Å². The summed E-state index contributed by atoms with van der Waals surface area (Å²) < 4.78 is 0. The Bertz CT molecular complexity index is 158. The SMILES string of the molecule is CC1(CN)C2C=CC1CC2. The van der Waals surface area contributed by atoms with E-state index in [9.17, 15) is 0 Å². The van der Waals surface area contributed by atoms with E-state index in [2.05, 4.69) is 19.1 Å². The van der Waals surface area contributed by atoms with Crippen LogP contribution in [0.25, 0.3) is 0 Å². The summed E-state index contributed by atoms with van der Waals surface area (Å²) in [6, 6.07) is 0. The molecule has 0 aliphatic heterocycles. The van der Waals surface area contributed by atoms with E-state index >= 15 is 0 Å². The molecule has 0 radical (unpaired) electrons. The first-order valence-electron chi connectivity index (χ1n) is 4.16. The molecule has 2 aliphatic rings. The van der Waals surface area contributed by atoms with Gasteiger partial charge in [0, 0.05) is 0 Å². The first-order valence-corrected chi connectivity index (χ1v) is 4.16. The normalized spacial score (nSPS) is 50.6. The molecular weight excluding hydrogens is 122 g/mol. The topological polar surface area (TPSA) is 26.0 Å². The van der Waals surface area contributed by atoms with Crippen LogP contribution in [-0.2, 0) is 0 Å². The highest BCUT2D eigenvalue weighted by molar-refractivity contribution is 5.17. The van der Waals surface area contributed by atoms with Gasteiger partial charge in [-0.3, -0.25) is 0 Å². The van der Waals surface area contributed by atoms with Crippen LogP contribution in [0.1, 0.15) is 19.8 Å². The van der Waals surface area contributed by atoms with Gasteiger partial charge >= 0.3 is 0 Å². The maximum absolute atomic E-state index is 5.75. The van der Waals surface area contributed by atoms with Gasteiger partial charge in [-0.25, -0.2) is 0 Å². The fraction of sp³-hybridized carbons (Fsp3) is 0.778. The zero-order valence-electron chi connectivity index (χ0n) is 6.51. The van der Waals surface area contributed by atoms with Crippen LogP contribution in [0.4, 0.5) is 0 Å². The van der Waals surface area contributed by atoms with Gasteiger partial charge in [0.15, 0.2) is 0 Å². The van der Waals surface area contributed by atoms with Gasteiger partial charge in [-0.05, 0) is 36.6 Å². The van der Waals surface area contributed by atoms with E-state index < -0.39 is 0 Å². The summed E-state index contributed by atoms with van der Waals surface area (Å²) in [4.78, 5) is 0. The minimum absolute atomic E-state index is 0.431. The molecule has 0 heterocycles. The summed E-state index contributed by atoms with van der Waals surface area (Å²) in [6.45, 7) is 3.19. The summed E-state index contributed by atoms with van der Waals surface area (Å²) in [5.41, 5.74) is 6.18. The predicted octanol–water partition coefficient (Wildman–Crippen LogP) is 1.55. The van der Waals surface area contributed by atoms with E-state index in [0.29, 0.717) is 5.41 Å². The Morgan fingerprint density at radius 2 is 1.90 bits per heavy atom. The fourth-order valence-electron chi connectivity index (χ4n) is 2.50. The van der Waals surface area contributed by atoms with Gasteiger partial charge in [-0.2, -0.15) is 0 Å². The lowest BCUT2D eigenvalue weighted by molar-refractivity contribution is 0.255. The molecule has 2 N–H and O–H groups in total. The lowest BCUT2D eigenvalue weighted by atomic mass is 9.79. The molecule has 0 aromatic rings. The molecule has 10 heavy (non-hydrogen) atoms. The standard InChI is InChI=1S/C9H15N/c1-9(6-10)7-2-3-8(9)5-4-7/h2-3,7-8H,4-6,10H2,1H3. The monoisotopic (exact) mass is 137 g/mol. The summed E-state index contributed by atoms with van der Waals surface area (Å²) >= 11 is 0. The van der Waals surface area contributed by atoms with Crippen molar-refractivity contribution < 1.29 is 0 Å². The van der Waals surface area contributed by atoms with Crippen molar-refractivity contribution in [3.05, 3.63) is 12.2 Å². The first-order chi connectivity index (χ1) is 4.77. The summed E-state index contributed by atoms with van der Waals surface area (Å²) in [7, 11) is 0. The van der Waals surface area contributed by atoms with Crippen LogP contribution in [0.3, 0.4) is 0 Å². The van der Waals surface area contributed by atoms with E-state index in [1.165, 1.54) is 12.8 Å². The lowest BCUT2D eigenvalue weighted by Crippen LogP contribution is -2.32. The molecule has 1 fully saturated rings. The molecule has 1 heteroatoms. The molecule has 2 atom stereocenters. The average molecular weight is 137 g/mol. The second-order valence-electron chi connectivity index (χ2n) is 3.89. The van der Waals surface area contributed by atoms with Crippen molar-refractivity contribution in [2.75, 3.05) is 6.54 Å². The van der Waals surface area contributed by atoms with E-state index in [4.69, 9.17) is 5.73 Å².